The maximum atomic E-state index is 11.0. The van der Waals surface area contributed by atoms with E-state index in [1.165, 1.54) is 7.11 Å². The first-order chi connectivity index (χ1) is 7.19. The van der Waals surface area contributed by atoms with Gasteiger partial charge in [-0.25, -0.2) is 0 Å². The Bertz CT molecular complexity index is 333. The molecule has 0 fully saturated rings. The van der Waals surface area contributed by atoms with Gasteiger partial charge in [0.15, 0.2) is 0 Å². The molecule has 1 aromatic rings. The van der Waals surface area contributed by atoms with Crippen LogP contribution in [0.4, 0.5) is 0 Å². The minimum Gasteiger partial charge on any atom is -0.469 e. The normalized spacial score (nSPS) is 10.3. The highest BCUT2D eigenvalue weighted by atomic mass is 16.5. The van der Waals surface area contributed by atoms with Gasteiger partial charge in [-0.15, -0.1) is 0 Å². The van der Waals surface area contributed by atoms with Crippen molar-refractivity contribution in [2.75, 3.05) is 14.2 Å². The molecule has 0 atom stereocenters. The molecule has 0 bridgehead atoms. The van der Waals surface area contributed by atoms with Gasteiger partial charge in [-0.05, 0) is 7.05 Å². The highest BCUT2D eigenvalue weighted by molar-refractivity contribution is 5.69. The smallest absolute Gasteiger partial charge is 0.305 e. The van der Waals surface area contributed by atoms with Gasteiger partial charge in [0.05, 0.1) is 19.7 Å². The molecule has 5 nitrogen and oxygen atoms in total. The number of nitrogens with zero attached hydrogens (tertiary/aromatic N) is 2. The van der Waals surface area contributed by atoms with Crippen LogP contribution in [0.5, 0.6) is 0 Å². The number of esters is 1. The molecule has 0 aliphatic heterocycles. The molecule has 1 N–H and O–H groups in total. The van der Waals surface area contributed by atoms with Crippen molar-refractivity contribution in [1.82, 2.24) is 15.1 Å². The molecule has 0 aromatic carbocycles. The third-order valence-corrected chi connectivity index (χ3v) is 2.31. The van der Waals surface area contributed by atoms with Crippen LogP contribution in [0.3, 0.4) is 0 Å². The van der Waals surface area contributed by atoms with E-state index < -0.39 is 0 Å². The lowest BCUT2D eigenvalue weighted by Crippen LogP contribution is -2.10. The third-order valence-electron chi connectivity index (χ3n) is 2.31. The number of carbonyl (C=O) groups is 1. The average molecular weight is 211 g/mol. The molecule has 1 aromatic heterocycles. The van der Waals surface area contributed by atoms with Crippen molar-refractivity contribution >= 4 is 5.97 Å². The van der Waals surface area contributed by atoms with Crippen LogP contribution in [-0.4, -0.2) is 29.9 Å². The van der Waals surface area contributed by atoms with E-state index in [9.17, 15) is 4.79 Å². The second kappa shape index (κ2) is 5.50. The van der Waals surface area contributed by atoms with E-state index in [2.05, 4.69) is 15.2 Å². The first kappa shape index (κ1) is 11.7. The molecule has 1 heterocycles. The predicted molar refractivity (Wildman–Crippen MR) is 56.3 cm³/mol. The predicted octanol–water partition coefficient (Wildman–Crippen LogP) is 0.245. The number of aryl methyl sites for hydroxylation is 1. The lowest BCUT2D eigenvalue weighted by atomic mass is 10.1. The summed E-state index contributed by atoms with van der Waals surface area (Å²) in [5, 5.41) is 7.23. The third kappa shape index (κ3) is 3.06. The molecule has 5 heteroatoms. The van der Waals surface area contributed by atoms with Gasteiger partial charge in [-0.3, -0.25) is 9.48 Å². The molecular weight excluding hydrogens is 194 g/mol. The highest BCUT2D eigenvalue weighted by Gasteiger charge is 2.10. The van der Waals surface area contributed by atoms with Crippen LogP contribution in [0.1, 0.15) is 17.7 Å². The summed E-state index contributed by atoms with van der Waals surface area (Å²) >= 11 is 0. The quantitative estimate of drug-likeness (QED) is 0.709. The van der Waals surface area contributed by atoms with E-state index in [0.717, 1.165) is 17.8 Å². The number of ether oxygens (including phenoxy) is 1. The Labute approximate surface area is 89.4 Å². The lowest BCUT2D eigenvalue weighted by molar-refractivity contribution is -0.140. The largest absolute Gasteiger partial charge is 0.469 e. The molecule has 15 heavy (non-hydrogen) atoms. The van der Waals surface area contributed by atoms with Gasteiger partial charge >= 0.3 is 5.97 Å². The molecule has 0 radical (unpaired) electrons. The fourth-order valence-corrected chi connectivity index (χ4v) is 1.49. The second-order valence-corrected chi connectivity index (χ2v) is 3.35. The maximum Gasteiger partial charge on any atom is 0.305 e. The number of hydrogen-bond donors (Lipinski definition) is 1. The van der Waals surface area contributed by atoms with Crippen LogP contribution in [0.2, 0.25) is 0 Å². The summed E-state index contributed by atoms with van der Waals surface area (Å²) in [6.45, 7) is 0.768. The van der Waals surface area contributed by atoms with E-state index in [-0.39, 0.29) is 5.97 Å². The lowest BCUT2D eigenvalue weighted by Gasteiger charge is -2.05. The monoisotopic (exact) mass is 211 g/mol. The first-order valence-electron chi connectivity index (χ1n) is 4.90. The molecule has 0 saturated heterocycles. The Balaban J connectivity index is 2.65. The van der Waals surface area contributed by atoms with Crippen molar-refractivity contribution in [1.29, 1.82) is 0 Å². The molecule has 0 amide bonds. The number of methoxy groups -OCH3 is 1. The van der Waals surface area contributed by atoms with E-state index >= 15 is 0 Å². The minimum absolute atomic E-state index is 0.188. The summed E-state index contributed by atoms with van der Waals surface area (Å²) < 4.78 is 6.41. The molecular formula is C10H17N3O2. The summed E-state index contributed by atoms with van der Waals surface area (Å²) in [5.74, 6) is -0.188. The van der Waals surface area contributed by atoms with E-state index in [0.29, 0.717) is 12.8 Å². The van der Waals surface area contributed by atoms with Crippen LogP contribution >= 0.6 is 0 Å². The summed E-state index contributed by atoms with van der Waals surface area (Å²) in [5.41, 5.74) is 2.21. The SMILES string of the molecule is CNCc1cnn(C)c1CCC(=O)OC. The fraction of sp³-hybridized carbons (Fsp3) is 0.600. The summed E-state index contributed by atoms with van der Waals surface area (Å²) in [6.07, 6.45) is 2.88. The number of nitrogens with one attached hydrogen (secondary N) is 1. The number of rotatable bonds is 5. The van der Waals surface area contributed by atoms with Gasteiger partial charge in [0.25, 0.3) is 0 Å². The van der Waals surface area contributed by atoms with Crippen molar-refractivity contribution in [3.05, 3.63) is 17.5 Å². The van der Waals surface area contributed by atoms with Crippen molar-refractivity contribution in [2.24, 2.45) is 7.05 Å². The van der Waals surface area contributed by atoms with Gasteiger partial charge in [0, 0.05) is 31.3 Å². The van der Waals surface area contributed by atoms with Gasteiger partial charge in [0.2, 0.25) is 0 Å². The molecule has 84 valence electrons. The molecule has 0 aliphatic carbocycles. The molecule has 0 saturated carbocycles. The minimum atomic E-state index is -0.188. The Hall–Kier alpha value is -1.36. The summed E-state index contributed by atoms with van der Waals surface area (Å²) in [6, 6.07) is 0. The van der Waals surface area contributed by atoms with E-state index in [4.69, 9.17) is 0 Å². The zero-order valence-electron chi connectivity index (χ0n) is 9.41. The van der Waals surface area contributed by atoms with Crippen LogP contribution < -0.4 is 5.32 Å². The molecule has 0 aliphatic rings. The standard InChI is InChI=1S/C10H17N3O2/c1-11-6-8-7-12-13(2)9(8)4-5-10(14)15-3/h7,11H,4-6H2,1-3H3. The average Bonchev–Trinajstić information content (AvgIpc) is 2.57. The number of carbonyl (C=O) groups excluding carboxylic acids is 1. The van der Waals surface area contributed by atoms with Gasteiger partial charge in [-0.1, -0.05) is 0 Å². The van der Waals surface area contributed by atoms with Gasteiger partial charge in [0.1, 0.15) is 0 Å². The van der Waals surface area contributed by atoms with Crippen molar-refractivity contribution in [3.8, 4) is 0 Å². The Kier molecular flexibility index (Phi) is 4.30. The van der Waals surface area contributed by atoms with Gasteiger partial charge < -0.3 is 10.1 Å². The van der Waals surface area contributed by atoms with Crippen LogP contribution in [0, 0.1) is 0 Å². The maximum absolute atomic E-state index is 11.0. The van der Waals surface area contributed by atoms with Crippen molar-refractivity contribution < 1.29 is 9.53 Å². The number of hydrogen-bond acceptors (Lipinski definition) is 4. The Morgan fingerprint density at radius 1 is 1.67 bits per heavy atom. The zero-order chi connectivity index (χ0) is 11.3. The van der Waals surface area contributed by atoms with Crippen LogP contribution in [0.15, 0.2) is 6.20 Å². The topological polar surface area (TPSA) is 56.2 Å². The Morgan fingerprint density at radius 2 is 2.40 bits per heavy atom. The summed E-state index contributed by atoms with van der Waals surface area (Å²) in [4.78, 5) is 11.0. The van der Waals surface area contributed by atoms with E-state index in [1.807, 2.05) is 20.3 Å². The summed E-state index contributed by atoms with van der Waals surface area (Å²) in [7, 11) is 5.17. The molecule has 1 rings (SSSR count). The second-order valence-electron chi connectivity index (χ2n) is 3.35. The Morgan fingerprint density at radius 3 is 3.00 bits per heavy atom. The molecule has 0 spiro atoms. The first-order valence-corrected chi connectivity index (χ1v) is 4.90. The molecule has 0 unspecified atom stereocenters. The van der Waals surface area contributed by atoms with E-state index in [1.54, 1.807) is 4.68 Å². The fourth-order valence-electron chi connectivity index (χ4n) is 1.49. The number of aromatic nitrogens is 2. The van der Waals surface area contributed by atoms with Crippen LogP contribution in [0.25, 0.3) is 0 Å². The van der Waals surface area contributed by atoms with Crippen molar-refractivity contribution in [3.63, 3.8) is 0 Å². The zero-order valence-corrected chi connectivity index (χ0v) is 9.41. The van der Waals surface area contributed by atoms with Crippen molar-refractivity contribution in [2.45, 2.75) is 19.4 Å². The van der Waals surface area contributed by atoms with Gasteiger partial charge in [-0.2, -0.15) is 5.10 Å². The highest BCUT2D eigenvalue weighted by Crippen LogP contribution is 2.10. The van der Waals surface area contributed by atoms with Crippen LogP contribution in [-0.2, 0) is 29.5 Å².